The van der Waals surface area contributed by atoms with E-state index in [0.29, 0.717) is 0 Å². The van der Waals surface area contributed by atoms with Crippen molar-refractivity contribution in [2.75, 3.05) is 13.7 Å². The van der Waals surface area contributed by atoms with Crippen molar-refractivity contribution in [2.45, 2.75) is 26.1 Å². The van der Waals surface area contributed by atoms with E-state index >= 15 is 0 Å². The molecular weight excluding hydrogens is 176 g/mol. The molecule has 1 rings (SSSR count). The summed E-state index contributed by atoms with van der Waals surface area (Å²) in [5.41, 5.74) is 1.36. The lowest BCUT2D eigenvalue weighted by Crippen LogP contribution is -2.11. The van der Waals surface area contributed by atoms with Gasteiger partial charge in [0.1, 0.15) is 0 Å². The molecule has 2 nitrogen and oxygen atoms in total. The predicted octanol–water partition coefficient (Wildman–Crippen LogP) is 2.63. The van der Waals surface area contributed by atoms with Crippen LogP contribution in [0.3, 0.4) is 0 Å². The van der Waals surface area contributed by atoms with Gasteiger partial charge in [-0.2, -0.15) is 0 Å². The van der Waals surface area contributed by atoms with Crippen LogP contribution in [-0.4, -0.2) is 20.0 Å². The van der Waals surface area contributed by atoms with Crippen molar-refractivity contribution in [2.24, 2.45) is 0 Å². The molecule has 14 heavy (non-hydrogen) atoms. The second-order valence-corrected chi connectivity index (χ2v) is 3.26. The Hall–Kier alpha value is -0.860. The Balaban J connectivity index is 2.10. The number of aryl methyl sites for hydroxylation is 1. The summed E-state index contributed by atoms with van der Waals surface area (Å²) >= 11 is 0. The Labute approximate surface area is 85.8 Å². The van der Waals surface area contributed by atoms with Crippen LogP contribution in [0, 0.1) is 0 Å². The molecule has 2 heteroatoms. The van der Waals surface area contributed by atoms with Gasteiger partial charge >= 0.3 is 0 Å². The Morgan fingerprint density at radius 3 is 2.57 bits per heavy atom. The topological polar surface area (TPSA) is 18.5 Å². The van der Waals surface area contributed by atoms with Gasteiger partial charge in [-0.15, -0.1) is 0 Å². The first-order valence-corrected chi connectivity index (χ1v) is 5.01. The summed E-state index contributed by atoms with van der Waals surface area (Å²) in [4.78, 5) is 0. The van der Waals surface area contributed by atoms with E-state index in [1.807, 2.05) is 13.0 Å². The summed E-state index contributed by atoms with van der Waals surface area (Å²) in [6.45, 7) is 2.66. The van der Waals surface area contributed by atoms with Crippen LogP contribution in [0.25, 0.3) is 0 Å². The quantitative estimate of drug-likeness (QED) is 0.512. The van der Waals surface area contributed by atoms with Crippen molar-refractivity contribution >= 4 is 0 Å². The third-order valence-electron chi connectivity index (χ3n) is 2.14. The van der Waals surface area contributed by atoms with Gasteiger partial charge in [0, 0.05) is 7.11 Å². The highest BCUT2D eigenvalue weighted by Gasteiger charge is 1.97. The molecule has 0 aromatic heterocycles. The highest BCUT2D eigenvalue weighted by molar-refractivity contribution is 5.14. The van der Waals surface area contributed by atoms with E-state index < -0.39 is 0 Å². The van der Waals surface area contributed by atoms with Crippen molar-refractivity contribution in [3.63, 3.8) is 0 Å². The summed E-state index contributed by atoms with van der Waals surface area (Å²) in [5, 5.41) is 0. The number of rotatable bonds is 6. The average molecular weight is 194 g/mol. The van der Waals surface area contributed by atoms with Crippen LogP contribution < -0.4 is 0 Å². The fourth-order valence-electron chi connectivity index (χ4n) is 1.24. The summed E-state index contributed by atoms with van der Waals surface area (Å²) in [6, 6.07) is 10.4. The summed E-state index contributed by atoms with van der Waals surface area (Å²) in [6.07, 6.45) is 2.01. The van der Waals surface area contributed by atoms with Crippen molar-refractivity contribution in [3.8, 4) is 0 Å². The van der Waals surface area contributed by atoms with Gasteiger partial charge in [0.15, 0.2) is 6.29 Å². The molecule has 0 amide bonds. The summed E-state index contributed by atoms with van der Waals surface area (Å²) < 4.78 is 10.4. The molecule has 0 N–H and O–H groups in total. The molecule has 0 aliphatic rings. The molecular formula is C12H18O2. The van der Waals surface area contributed by atoms with Crippen LogP contribution in [0.5, 0.6) is 0 Å². The Morgan fingerprint density at radius 2 is 1.93 bits per heavy atom. The minimum atomic E-state index is -0.0919. The second-order valence-electron chi connectivity index (χ2n) is 3.26. The lowest BCUT2D eigenvalue weighted by Gasteiger charge is -2.10. The van der Waals surface area contributed by atoms with Gasteiger partial charge in [-0.1, -0.05) is 30.3 Å². The Bertz CT molecular complexity index is 233. The van der Waals surface area contributed by atoms with Crippen LogP contribution >= 0.6 is 0 Å². The third-order valence-corrected chi connectivity index (χ3v) is 2.14. The highest BCUT2D eigenvalue weighted by atomic mass is 16.7. The highest BCUT2D eigenvalue weighted by Crippen LogP contribution is 2.03. The minimum absolute atomic E-state index is 0.0919. The number of benzene rings is 1. The molecule has 1 unspecified atom stereocenters. The van der Waals surface area contributed by atoms with Gasteiger partial charge in [0.2, 0.25) is 0 Å². The molecule has 1 aromatic carbocycles. The summed E-state index contributed by atoms with van der Waals surface area (Å²) in [7, 11) is 1.65. The molecule has 1 aromatic rings. The lowest BCUT2D eigenvalue weighted by molar-refractivity contribution is -0.111. The van der Waals surface area contributed by atoms with Crippen LogP contribution in [0.15, 0.2) is 30.3 Å². The van der Waals surface area contributed by atoms with Crippen LogP contribution in [0.2, 0.25) is 0 Å². The number of hydrogen-bond donors (Lipinski definition) is 0. The largest absolute Gasteiger partial charge is 0.356 e. The third kappa shape index (κ3) is 4.40. The van der Waals surface area contributed by atoms with Gasteiger partial charge in [-0.05, 0) is 25.3 Å². The maximum Gasteiger partial charge on any atom is 0.154 e. The normalized spacial score (nSPS) is 12.7. The Kier molecular flexibility index (Phi) is 5.27. The van der Waals surface area contributed by atoms with E-state index in [9.17, 15) is 0 Å². The van der Waals surface area contributed by atoms with Crippen molar-refractivity contribution < 1.29 is 9.47 Å². The van der Waals surface area contributed by atoms with E-state index in [1.54, 1.807) is 7.11 Å². The van der Waals surface area contributed by atoms with Gasteiger partial charge in [0.05, 0.1) is 6.61 Å². The molecule has 0 saturated heterocycles. The first-order valence-electron chi connectivity index (χ1n) is 5.01. The zero-order valence-corrected chi connectivity index (χ0v) is 8.90. The molecule has 0 aliphatic heterocycles. The van der Waals surface area contributed by atoms with Gasteiger partial charge in [-0.3, -0.25) is 0 Å². The first kappa shape index (κ1) is 11.2. The van der Waals surface area contributed by atoms with Gasteiger partial charge < -0.3 is 9.47 Å². The molecule has 0 aliphatic carbocycles. The minimum Gasteiger partial charge on any atom is -0.356 e. The van der Waals surface area contributed by atoms with Gasteiger partial charge in [-0.25, -0.2) is 0 Å². The van der Waals surface area contributed by atoms with Crippen molar-refractivity contribution in [1.82, 2.24) is 0 Å². The smallest absolute Gasteiger partial charge is 0.154 e. The molecule has 0 radical (unpaired) electrons. The van der Waals surface area contributed by atoms with E-state index in [2.05, 4.69) is 24.3 Å². The number of ether oxygens (including phenoxy) is 2. The average Bonchev–Trinajstić information content (AvgIpc) is 2.25. The number of methoxy groups -OCH3 is 1. The molecule has 0 fully saturated rings. The van der Waals surface area contributed by atoms with Crippen LogP contribution in [-0.2, 0) is 15.9 Å². The lowest BCUT2D eigenvalue weighted by atomic mass is 10.1. The predicted molar refractivity (Wildman–Crippen MR) is 57.2 cm³/mol. The standard InChI is InChI=1S/C12H18O2/c1-11(13-2)14-10-6-9-12-7-4-3-5-8-12/h3-5,7-8,11H,6,9-10H2,1-2H3. The van der Waals surface area contributed by atoms with E-state index in [0.717, 1.165) is 19.4 Å². The van der Waals surface area contributed by atoms with Crippen LogP contribution in [0.4, 0.5) is 0 Å². The fraction of sp³-hybridized carbons (Fsp3) is 0.500. The Morgan fingerprint density at radius 1 is 1.21 bits per heavy atom. The molecule has 78 valence electrons. The van der Waals surface area contributed by atoms with Crippen LogP contribution in [0.1, 0.15) is 18.9 Å². The summed E-state index contributed by atoms with van der Waals surface area (Å²) in [5.74, 6) is 0. The first-order chi connectivity index (χ1) is 6.83. The molecule has 1 atom stereocenters. The zero-order valence-electron chi connectivity index (χ0n) is 8.90. The number of hydrogen-bond acceptors (Lipinski definition) is 2. The monoisotopic (exact) mass is 194 g/mol. The SMILES string of the molecule is COC(C)OCCCc1ccccc1. The zero-order chi connectivity index (χ0) is 10.2. The fourth-order valence-corrected chi connectivity index (χ4v) is 1.24. The molecule has 0 spiro atoms. The molecule has 0 saturated carbocycles. The van der Waals surface area contributed by atoms with E-state index in [-0.39, 0.29) is 6.29 Å². The van der Waals surface area contributed by atoms with Crippen molar-refractivity contribution in [1.29, 1.82) is 0 Å². The molecule has 0 bridgehead atoms. The molecule has 0 heterocycles. The maximum absolute atomic E-state index is 5.39. The van der Waals surface area contributed by atoms with Gasteiger partial charge in [0.25, 0.3) is 0 Å². The van der Waals surface area contributed by atoms with E-state index in [1.165, 1.54) is 5.56 Å². The maximum atomic E-state index is 5.39. The second kappa shape index (κ2) is 6.57. The van der Waals surface area contributed by atoms with Crippen molar-refractivity contribution in [3.05, 3.63) is 35.9 Å². The van der Waals surface area contributed by atoms with E-state index in [4.69, 9.17) is 9.47 Å².